The molecule has 0 bridgehead atoms. The molecule has 1 heterocycles. The summed E-state index contributed by atoms with van der Waals surface area (Å²) >= 11 is 6.00. The number of aromatic nitrogens is 3. The van der Waals surface area contributed by atoms with Crippen molar-refractivity contribution in [1.82, 2.24) is 15.0 Å². The van der Waals surface area contributed by atoms with Crippen molar-refractivity contribution in [2.75, 3.05) is 0 Å². The Labute approximate surface area is 178 Å². The van der Waals surface area contributed by atoms with Gasteiger partial charge in [0.1, 0.15) is 23.8 Å². The van der Waals surface area contributed by atoms with E-state index in [9.17, 15) is 9.90 Å². The highest BCUT2D eigenvalue weighted by Gasteiger charge is 2.13. The average molecular weight is 420 g/mol. The largest absolute Gasteiger partial charge is 0.507 e. The third kappa shape index (κ3) is 4.67. The molecule has 0 aliphatic rings. The summed E-state index contributed by atoms with van der Waals surface area (Å²) in [7, 11) is 0. The van der Waals surface area contributed by atoms with E-state index < -0.39 is 0 Å². The second kappa shape index (κ2) is 8.80. The minimum absolute atomic E-state index is 0.115. The fraction of sp³-hybridized carbons (Fsp3) is 0.0870. The zero-order valence-corrected chi connectivity index (χ0v) is 16.7. The summed E-state index contributed by atoms with van der Waals surface area (Å²) in [5, 5.41) is 19.0. The zero-order chi connectivity index (χ0) is 20.9. The molecule has 0 atom stereocenters. The Bertz CT molecular complexity index is 1180. The Morgan fingerprint density at radius 2 is 1.87 bits per heavy atom. The van der Waals surface area contributed by atoms with Gasteiger partial charge in [0.15, 0.2) is 5.78 Å². The first-order valence-corrected chi connectivity index (χ1v) is 9.66. The standard InChI is InChI=1S/C23H18ClN3O3/c24-17-7-4-8-19(12-17)27-14-18(25-26-27)15-30-20-9-10-21(23(29)13-20)22(28)11-16-5-2-1-3-6-16/h1-10,12-14,29H,11,15H2. The molecule has 30 heavy (non-hydrogen) atoms. The second-order valence-electron chi connectivity index (χ2n) is 6.69. The summed E-state index contributed by atoms with van der Waals surface area (Å²) < 4.78 is 7.29. The van der Waals surface area contributed by atoms with E-state index in [1.165, 1.54) is 6.07 Å². The lowest BCUT2D eigenvalue weighted by molar-refractivity contribution is 0.0990. The van der Waals surface area contributed by atoms with Crippen LogP contribution in [0.4, 0.5) is 0 Å². The maximum atomic E-state index is 12.5. The third-order valence-electron chi connectivity index (χ3n) is 4.48. The molecule has 6 nitrogen and oxygen atoms in total. The van der Waals surface area contributed by atoms with E-state index in [4.69, 9.17) is 16.3 Å². The van der Waals surface area contributed by atoms with Crippen molar-refractivity contribution in [2.24, 2.45) is 0 Å². The van der Waals surface area contributed by atoms with Gasteiger partial charge in [0, 0.05) is 17.5 Å². The number of Topliss-reactive ketones (excluding diaryl/α,β-unsaturated/α-hetero) is 1. The van der Waals surface area contributed by atoms with E-state index >= 15 is 0 Å². The summed E-state index contributed by atoms with van der Waals surface area (Å²) in [6.45, 7) is 0.164. The van der Waals surface area contributed by atoms with Gasteiger partial charge >= 0.3 is 0 Å². The molecule has 0 spiro atoms. The highest BCUT2D eigenvalue weighted by atomic mass is 35.5. The highest BCUT2D eigenvalue weighted by Crippen LogP contribution is 2.25. The number of benzene rings is 3. The lowest BCUT2D eigenvalue weighted by Gasteiger charge is -2.08. The smallest absolute Gasteiger partial charge is 0.170 e. The van der Waals surface area contributed by atoms with E-state index in [0.717, 1.165) is 11.3 Å². The fourth-order valence-electron chi connectivity index (χ4n) is 2.98. The van der Waals surface area contributed by atoms with Crippen LogP contribution < -0.4 is 4.74 Å². The molecule has 0 aliphatic heterocycles. The average Bonchev–Trinajstić information content (AvgIpc) is 3.22. The van der Waals surface area contributed by atoms with Crippen molar-refractivity contribution >= 4 is 17.4 Å². The van der Waals surface area contributed by atoms with Crippen LogP contribution >= 0.6 is 11.6 Å². The number of phenolic OH excluding ortho intramolecular Hbond substituents is 1. The number of carbonyl (C=O) groups excluding carboxylic acids is 1. The van der Waals surface area contributed by atoms with E-state index in [0.29, 0.717) is 16.5 Å². The summed E-state index contributed by atoms with van der Waals surface area (Å²) in [5.74, 6) is 0.159. The van der Waals surface area contributed by atoms with E-state index in [1.54, 1.807) is 35.1 Å². The SMILES string of the molecule is O=C(Cc1ccccc1)c1ccc(OCc2cn(-c3cccc(Cl)c3)nn2)cc1O. The van der Waals surface area contributed by atoms with Crippen LogP contribution in [0.25, 0.3) is 5.69 Å². The van der Waals surface area contributed by atoms with Crippen LogP contribution in [0.1, 0.15) is 21.6 Å². The molecule has 0 aliphatic carbocycles. The van der Waals surface area contributed by atoms with Crippen LogP contribution in [0.3, 0.4) is 0 Å². The van der Waals surface area contributed by atoms with Crippen LogP contribution in [0.5, 0.6) is 11.5 Å². The number of nitrogens with zero attached hydrogens (tertiary/aromatic N) is 3. The molecule has 3 aromatic carbocycles. The molecule has 4 rings (SSSR count). The first-order valence-electron chi connectivity index (χ1n) is 9.28. The number of phenols is 1. The number of carbonyl (C=O) groups is 1. The molecule has 0 unspecified atom stereocenters. The lowest BCUT2D eigenvalue weighted by atomic mass is 10.0. The van der Waals surface area contributed by atoms with Crippen LogP contribution in [-0.4, -0.2) is 25.9 Å². The molecule has 7 heteroatoms. The monoisotopic (exact) mass is 419 g/mol. The molecule has 1 aromatic heterocycles. The maximum absolute atomic E-state index is 12.5. The lowest BCUT2D eigenvalue weighted by Crippen LogP contribution is -2.04. The molecule has 0 saturated carbocycles. The zero-order valence-electron chi connectivity index (χ0n) is 15.9. The van der Waals surface area contributed by atoms with E-state index in [2.05, 4.69) is 10.3 Å². The van der Waals surface area contributed by atoms with Crippen molar-refractivity contribution in [3.8, 4) is 17.2 Å². The maximum Gasteiger partial charge on any atom is 0.170 e. The van der Waals surface area contributed by atoms with Gasteiger partial charge in [0.2, 0.25) is 0 Å². The van der Waals surface area contributed by atoms with Gasteiger partial charge in [-0.15, -0.1) is 5.10 Å². The number of aromatic hydroxyl groups is 1. The number of rotatable bonds is 7. The molecule has 0 amide bonds. The molecular formula is C23H18ClN3O3. The first kappa shape index (κ1) is 19.7. The summed E-state index contributed by atoms with van der Waals surface area (Å²) in [6.07, 6.45) is 1.96. The minimum Gasteiger partial charge on any atom is -0.507 e. The van der Waals surface area contributed by atoms with E-state index in [1.807, 2.05) is 42.5 Å². The molecular weight excluding hydrogens is 402 g/mol. The van der Waals surface area contributed by atoms with Crippen molar-refractivity contribution in [2.45, 2.75) is 13.0 Å². The molecule has 0 fully saturated rings. The van der Waals surface area contributed by atoms with Gasteiger partial charge < -0.3 is 9.84 Å². The summed E-state index contributed by atoms with van der Waals surface area (Å²) in [4.78, 5) is 12.5. The topological polar surface area (TPSA) is 77.2 Å². The molecule has 1 N–H and O–H groups in total. The van der Waals surface area contributed by atoms with Gasteiger partial charge in [0.05, 0.1) is 17.4 Å². The van der Waals surface area contributed by atoms with Crippen molar-refractivity contribution in [1.29, 1.82) is 0 Å². The molecule has 0 saturated heterocycles. The summed E-state index contributed by atoms with van der Waals surface area (Å²) in [5.41, 5.74) is 2.56. The predicted octanol–water partition coefficient (Wildman–Crippen LogP) is 4.63. The normalized spacial score (nSPS) is 10.7. The Morgan fingerprint density at radius 3 is 2.63 bits per heavy atom. The minimum atomic E-state index is -0.158. The highest BCUT2D eigenvalue weighted by molar-refractivity contribution is 6.30. The Kier molecular flexibility index (Phi) is 5.77. The number of hydrogen-bond donors (Lipinski definition) is 1. The van der Waals surface area contributed by atoms with Crippen LogP contribution in [0.15, 0.2) is 79.0 Å². The number of ether oxygens (including phenoxy) is 1. The second-order valence-corrected chi connectivity index (χ2v) is 7.12. The fourth-order valence-corrected chi connectivity index (χ4v) is 3.16. The van der Waals surface area contributed by atoms with Gasteiger partial charge in [-0.25, -0.2) is 4.68 Å². The predicted molar refractivity (Wildman–Crippen MR) is 113 cm³/mol. The van der Waals surface area contributed by atoms with E-state index in [-0.39, 0.29) is 30.1 Å². The van der Waals surface area contributed by atoms with Crippen molar-refractivity contribution in [3.05, 3.63) is 101 Å². The Balaban J connectivity index is 1.40. The molecule has 4 aromatic rings. The molecule has 0 radical (unpaired) electrons. The van der Waals surface area contributed by atoms with Crippen molar-refractivity contribution < 1.29 is 14.6 Å². The number of hydrogen-bond acceptors (Lipinski definition) is 5. The quantitative estimate of drug-likeness (QED) is 0.442. The van der Waals surface area contributed by atoms with Crippen molar-refractivity contribution in [3.63, 3.8) is 0 Å². The Hall–Kier alpha value is -3.64. The van der Waals surface area contributed by atoms with Gasteiger partial charge in [-0.2, -0.15) is 0 Å². The summed E-state index contributed by atoms with van der Waals surface area (Å²) in [6, 6.07) is 21.3. The van der Waals surface area contributed by atoms with Gasteiger partial charge in [-0.3, -0.25) is 4.79 Å². The van der Waals surface area contributed by atoms with Gasteiger partial charge in [0.25, 0.3) is 0 Å². The van der Waals surface area contributed by atoms with Gasteiger partial charge in [-0.05, 0) is 35.9 Å². The van der Waals surface area contributed by atoms with Crippen LogP contribution in [0, 0.1) is 0 Å². The first-order chi connectivity index (χ1) is 14.6. The Morgan fingerprint density at radius 1 is 1.03 bits per heavy atom. The number of ketones is 1. The van der Waals surface area contributed by atoms with Crippen LogP contribution in [0.2, 0.25) is 5.02 Å². The third-order valence-corrected chi connectivity index (χ3v) is 4.71. The van der Waals surface area contributed by atoms with Gasteiger partial charge in [-0.1, -0.05) is 53.2 Å². The molecule has 150 valence electrons. The number of halogens is 1. The van der Waals surface area contributed by atoms with Crippen LogP contribution in [-0.2, 0) is 13.0 Å².